The van der Waals surface area contributed by atoms with Gasteiger partial charge in [0, 0.05) is 34.6 Å². The largest absolute Gasteiger partial charge is 0.256 e. The van der Waals surface area contributed by atoms with Crippen LogP contribution in [0.1, 0.15) is 48.6 Å². The van der Waals surface area contributed by atoms with Gasteiger partial charge >= 0.3 is 0 Å². The van der Waals surface area contributed by atoms with Gasteiger partial charge in [0.2, 0.25) is 0 Å². The van der Waals surface area contributed by atoms with Crippen molar-refractivity contribution in [2.24, 2.45) is 0 Å². The summed E-state index contributed by atoms with van der Waals surface area (Å²) in [5, 5.41) is 0. The van der Waals surface area contributed by atoms with Crippen molar-refractivity contribution in [1.29, 1.82) is 0 Å². The monoisotopic (exact) mass is 542 g/mol. The molecule has 0 spiro atoms. The Kier molecular flexibility index (Phi) is 7.43. The van der Waals surface area contributed by atoms with E-state index >= 15 is 0 Å². The fourth-order valence-corrected chi connectivity index (χ4v) is 6.65. The summed E-state index contributed by atoms with van der Waals surface area (Å²) < 4.78 is 0. The van der Waals surface area contributed by atoms with E-state index in [1.807, 2.05) is 24.5 Å². The van der Waals surface area contributed by atoms with Crippen LogP contribution in [0.15, 0.2) is 146 Å². The summed E-state index contributed by atoms with van der Waals surface area (Å²) in [5.74, 6) is 1.03. The van der Waals surface area contributed by atoms with Crippen molar-refractivity contribution in [1.82, 2.24) is 9.97 Å². The second kappa shape index (κ2) is 12.0. The molecule has 2 atom stereocenters. The van der Waals surface area contributed by atoms with Gasteiger partial charge in [-0.15, -0.1) is 0 Å². The molecule has 7 rings (SSSR count). The van der Waals surface area contributed by atoms with Crippen molar-refractivity contribution in [3.63, 3.8) is 0 Å². The van der Waals surface area contributed by atoms with Gasteiger partial charge in [-0.3, -0.25) is 9.97 Å². The van der Waals surface area contributed by atoms with Crippen molar-refractivity contribution in [3.8, 4) is 44.8 Å². The molecule has 0 N–H and O–H groups in total. The van der Waals surface area contributed by atoms with E-state index in [1.54, 1.807) is 0 Å². The molecule has 0 radical (unpaired) electrons. The number of hydrogen-bond acceptors (Lipinski definition) is 2. The van der Waals surface area contributed by atoms with Crippen LogP contribution in [0.4, 0.5) is 0 Å². The molecular formula is C40H34N2. The van der Waals surface area contributed by atoms with Crippen LogP contribution in [0, 0.1) is 0 Å². The first-order valence-corrected chi connectivity index (χ1v) is 15.0. The molecule has 2 aromatic heterocycles. The van der Waals surface area contributed by atoms with Crippen LogP contribution in [0.5, 0.6) is 0 Å². The quantitative estimate of drug-likeness (QED) is 0.209. The van der Waals surface area contributed by atoms with Crippen LogP contribution < -0.4 is 0 Å². The molecule has 2 nitrogen and oxygen atoms in total. The molecule has 0 aliphatic heterocycles. The molecule has 4 aromatic carbocycles. The van der Waals surface area contributed by atoms with Crippen molar-refractivity contribution >= 4 is 0 Å². The lowest BCUT2D eigenvalue weighted by atomic mass is 9.72. The highest BCUT2D eigenvalue weighted by atomic mass is 14.7. The average molecular weight is 543 g/mol. The zero-order chi connectivity index (χ0) is 28.1. The van der Waals surface area contributed by atoms with Crippen molar-refractivity contribution in [3.05, 3.63) is 157 Å². The lowest BCUT2D eigenvalue weighted by molar-refractivity contribution is 0.395. The van der Waals surface area contributed by atoms with E-state index in [2.05, 4.69) is 121 Å². The Bertz CT molecular complexity index is 1630. The fraction of sp³-hybridized carbons (Fsp3) is 0.150. The van der Waals surface area contributed by atoms with Crippen LogP contribution in [0.3, 0.4) is 0 Å². The molecule has 42 heavy (non-hydrogen) atoms. The predicted molar refractivity (Wildman–Crippen MR) is 174 cm³/mol. The smallest absolute Gasteiger partial charge is 0.0702 e. The standard InChI is InChI=1S/C40H34N2/c1-3-12-29(13-4-1)39-24-22-33(27-41-39)37-20-9-7-18-35(37)31-16-11-17-32(26-31)36-19-8-10-21-38(36)34-23-25-40(42-28-34)30-14-5-2-6-15-30/h1-10,12-15,18-25,27-28,31-32H,11,16-17,26H2. The van der Waals surface area contributed by atoms with Crippen LogP contribution >= 0.6 is 0 Å². The van der Waals surface area contributed by atoms with E-state index < -0.39 is 0 Å². The number of rotatable bonds is 6. The van der Waals surface area contributed by atoms with Gasteiger partial charge in [0.15, 0.2) is 0 Å². The SMILES string of the molecule is c1ccc(-c2ccc(-c3ccccc3C3CCCC(c4ccccc4-c4ccc(-c5ccccc5)nc4)C3)cn2)cc1. The number of hydrogen-bond donors (Lipinski definition) is 0. The van der Waals surface area contributed by atoms with Crippen LogP contribution in [0.2, 0.25) is 0 Å². The summed E-state index contributed by atoms with van der Waals surface area (Å²) in [5.41, 5.74) is 12.2. The highest BCUT2D eigenvalue weighted by molar-refractivity contribution is 5.72. The van der Waals surface area contributed by atoms with E-state index in [9.17, 15) is 0 Å². The first-order valence-electron chi connectivity index (χ1n) is 15.0. The van der Waals surface area contributed by atoms with Gasteiger partial charge < -0.3 is 0 Å². The minimum absolute atomic E-state index is 0.514. The summed E-state index contributed by atoms with van der Waals surface area (Å²) in [6.45, 7) is 0. The molecule has 1 aliphatic carbocycles. The van der Waals surface area contributed by atoms with E-state index in [0.29, 0.717) is 11.8 Å². The van der Waals surface area contributed by atoms with Gasteiger partial charge in [0.25, 0.3) is 0 Å². The molecule has 1 fully saturated rings. The molecule has 0 amide bonds. The molecule has 1 aliphatic rings. The Morgan fingerprint density at radius 1 is 0.405 bits per heavy atom. The Hall–Kier alpha value is -4.82. The molecule has 0 saturated heterocycles. The normalized spacial score (nSPS) is 16.7. The third-order valence-electron chi connectivity index (χ3n) is 8.76. The lowest BCUT2D eigenvalue weighted by Gasteiger charge is -2.32. The third-order valence-corrected chi connectivity index (χ3v) is 8.76. The maximum Gasteiger partial charge on any atom is 0.0702 e. The molecule has 204 valence electrons. The average Bonchev–Trinajstić information content (AvgIpc) is 3.09. The molecule has 1 saturated carbocycles. The molecule has 6 aromatic rings. The number of pyridine rings is 2. The first kappa shape index (κ1) is 26.1. The van der Waals surface area contributed by atoms with Crippen LogP contribution in [-0.2, 0) is 0 Å². The molecule has 2 heterocycles. The topological polar surface area (TPSA) is 25.8 Å². The van der Waals surface area contributed by atoms with Gasteiger partial charge in [0.05, 0.1) is 11.4 Å². The van der Waals surface area contributed by atoms with Gasteiger partial charge in [-0.05, 0) is 65.5 Å². The van der Waals surface area contributed by atoms with E-state index in [0.717, 1.165) is 28.9 Å². The maximum atomic E-state index is 4.84. The Morgan fingerprint density at radius 3 is 1.26 bits per heavy atom. The summed E-state index contributed by atoms with van der Waals surface area (Å²) >= 11 is 0. The minimum atomic E-state index is 0.514. The van der Waals surface area contributed by atoms with E-state index in [1.165, 1.54) is 52.6 Å². The first-order chi connectivity index (χ1) is 20.8. The maximum absolute atomic E-state index is 4.84. The predicted octanol–water partition coefficient (Wildman–Crippen LogP) is 10.6. The van der Waals surface area contributed by atoms with Crippen molar-refractivity contribution < 1.29 is 0 Å². The van der Waals surface area contributed by atoms with E-state index in [4.69, 9.17) is 9.97 Å². The number of aromatic nitrogens is 2. The highest BCUT2D eigenvalue weighted by Crippen LogP contribution is 2.46. The van der Waals surface area contributed by atoms with E-state index in [-0.39, 0.29) is 0 Å². The second-order valence-electron chi connectivity index (χ2n) is 11.3. The minimum Gasteiger partial charge on any atom is -0.256 e. The number of benzene rings is 4. The van der Waals surface area contributed by atoms with Gasteiger partial charge in [-0.1, -0.05) is 128 Å². The summed E-state index contributed by atoms with van der Waals surface area (Å²) in [7, 11) is 0. The summed E-state index contributed by atoms with van der Waals surface area (Å²) in [6, 6.07) is 47.5. The van der Waals surface area contributed by atoms with Gasteiger partial charge in [-0.25, -0.2) is 0 Å². The lowest BCUT2D eigenvalue weighted by Crippen LogP contribution is -2.14. The molecular weight excluding hydrogens is 508 g/mol. The number of nitrogens with zero attached hydrogens (tertiary/aromatic N) is 2. The Morgan fingerprint density at radius 2 is 0.833 bits per heavy atom. The zero-order valence-corrected chi connectivity index (χ0v) is 23.7. The molecule has 0 bridgehead atoms. The van der Waals surface area contributed by atoms with Crippen LogP contribution in [0.25, 0.3) is 44.8 Å². The van der Waals surface area contributed by atoms with Crippen LogP contribution in [-0.4, -0.2) is 9.97 Å². The van der Waals surface area contributed by atoms with Gasteiger partial charge in [-0.2, -0.15) is 0 Å². The van der Waals surface area contributed by atoms with Crippen molar-refractivity contribution in [2.75, 3.05) is 0 Å². The Balaban J connectivity index is 1.15. The second-order valence-corrected chi connectivity index (χ2v) is 11.3. The zero-order valence-electron chi connectivity index (χ0n) is 23.7. The fourth-order valence-electron chi connectivity index (χ4n) is 6.65. The highest BCUT2D eigenvalue weighted by Gasteiger charge is 2.27. The van der Waals surface area contributed by atoms with Crippen molar-refractivity contribution in [2.45, 2.75) is 37.5 Å². The summed E-state index contributed by atoms with van der Waals surface area (Å²) in [6.07, 6.45) is 8.91. The third kappa shape index (κ3) is 5.41. The van der Waals surface area contributed by atoms with Gasteiger partial charge in [0.1, 0.15) is 0 Å². The summed E-state index contributed by atoms with van der Waals surface area (Å²) in [4.78, 5) is 9.68. The molecule has 2 heteroatoms. The Labute approximate surface area is 248 Å². The molecule has 2 unspecified atom stereocenters.